The molecule has 0 unspecified atom stereocenters. The van der Waals surface area contributed by atoms with Gasteiger partial charge in [0, 0.05) is 11.0 Å². The normalized spacial score (nSPS) is 11.5. The SMILES string of the molecule is CSc1ccc(S(=O)(=O)Nc2cccc(OC(C)C)c2)cc1. The van der Waals surface area contributed by atoms with Crippen LogP contribution in [0.25, 0.3) is 0 Å². The van der Waals surface area contributed by atoms with Crippen molar-refractivity contribution in [1.29, 1.82) is 0 Å². The van der Waals surface area contributed by atoms with Gasteiger partial charge in [-0.1, -0.05) is 6.07 Å². The van der Waals surface area contributed by atoms with Crippen LogP contribution in [0.15, 0.2) is 58.3 Å². The van der Waals surface area contributed by atoms with Crippen LogP contribution in [-0.2, 0) is 10.0 Å². The zero-order valence-corrected chi connectivity index (χ0v) is 14.4. The van der Waals surface area contributed by atoms with Crippen LogP contribution in [0.2, 0.25) is 0 Å². The summed E-state index contributed by atoms with van der Waals surface area (Å²) >= 11 is 1.57. The van der Waals surface area contributed by atoms with Gasteiger partial charge in [-0.15, -0.1) is 11.8 Å². The van der Waals surface area contributed by atoms with Crippen molar-refractivity contribution in [1.82, 2.24) is 0 Å². The highest BCUT2D eigenvalue weighted by molar-refractivity contribution is 7.98. The monoisotopic (exact) mass is 337 g/mol. The molecule has 0 aromatic heterocycles. The van der Waals surface area contributed by atoms with Crippen molar-refractivity contribution in [2.24, 2.45) is 0 Å². The second-order valence-electron chi connectivity index (χ2n) is 4.98. The second kappa shape index (κ2) is 7.07. The van der Waals surface area contributed by atoms with Gasteiger partial charge in [-0.3, -0.25) is 4.72 Å². The predicted octanol–water partition coefficient (Wildman–Crippen LogP) is 4.00. The van der Waals surface area contributed by atoms with Gasteiger partial charge in [-0.2, -0.15) is 0 Å². The molecule has 0 saturated heterocycles. The maximum absolute atomic E-state index is 12.4. The molecule has 0 radical (unpaired) electrons. The van der Waals surface area contributed by atoms with Gasteiger partial charge in [0.15, 0.2) is 0 Å². The van der Waals surface area contributed by atoms with Crippen molar-refractivity contribution < 1.29 is 13.2 Å². The quantitative estimate of drug-likeness (QED) is 0.810. The summed E-state index contributed by atoms with van der Waals surface area (Å²) in [4.78, 5) is 1.26. The first kappa shape index (κ1) is 16.7. The average Bonchev–Trinajstić information content (AvgIpc) is 2.46. The van der Waals surface area contributed by atoms with E-state index >= 15 is 0 Å². The minimum Gasteiger partial charge on any atom is -0.491 e. The number of rotatable bonds is 6. The molecule has 4 nitrogen and oxygen atoms in total. The number of hydrogen-bond acceptors (Lipinski definition) is 4. The van der Waals surface area contributed by atoms with Crippen molar-refractivity contribution >= 4 is 27.5 Å². The number of thioether (sulfide) groups is 1. The molecule has 118 valence electrons. The molecule has 0 saturated carbocycles. The van der Waals surface area contributed by atoms with Crippen molar-refractivity contribution in [2.45, 2.75) is 29.7 Å². The lowest BCUT2D eigenvalue weighted by atomic mass is 10.3. The first-order valence-electron chi connectivity index (χ1n) is 6.84. The molecule has 0 aliphatic carbocycles. The smallest absolute Gasteiger partial charge is 0.261 e. The Balaban J connectivity index is 2.20. The first-order valence-corrected chi connectivity index (χ1v) is 9.55. The van der Waals surface area contributed by atoms with Crippen LogP contribution < -0.4 is 9.46 Å². The Morgan fingerprint density at radius 3 is 2.36 bits per heavy atom. The maximum Gasteiger partial charge on any atom is 0.261 e. The van der Waals surface area contributed by atoms with Crippen molar-refractivity contribution in [3.05, 3.63) is 48.5 Å². The molecule has 0 heterocycles. The zero-order valence-electron chi connectivity index (χ0n) is 12.7. The van der Waals surface area contributed by atoms with Gasteiger partial charge in [-0.05, 0) is 56.5 Å². The van der Waals surface area contributed by atoms with Gasteiger partial charge in [0.25, 0.3) is 10.0 Å². The number of sulfonamides is 1. The Hall–Kier alpha value is -1.66. The summed E-state index contributed by atoms with van der Waals surface area (Å²) in [6, 6.07) is 13.7. The lowest BCUT2D eigenvalue weighted by molar-refractivity contribution is 0.242. The number of hydrogen-bond donors (Lipinski definition) is 1. The highest BCUT2D eigenvalue weighted by Gasteiger charge is 2.14. The molecule has 6 heteroatoms. The molecule has 22 heavy (non-hydrogen) atoms. The lowest BCUT2D eigenvalue weighted by Crippen LogP contribution is -2.13. The molecular formula is C16H19NO3S2. The third-order valence-corrected chi connectivity index (χ3v) is 4.97. The summed E-state index contributed by atoms with van der Waals surface area (Å²) in [6.07, 6.45) is 1.98. The number of nitrogens with one attached hydrogen (secondary N) is 1. The summed E-state index contributed by atoms with van der Waals surface area (Å²) in [5.74, 6) is 0.632. The van der Waals surface area contributed by atoms with E-state index in [-0.39, 0.29) is 11.0 Å². The number of benzene rings is 2. The van der Waals surface area contributed by atoms with E-state index in [1.165, 1.54) is 0 Å². The Morgan fingerprint density at radius 2 is 1.77 bits per heavy atom. The fourth-order valence-corrected chi connectivity index (χ4v) is 3.33. The standard InChI is InChI=1S/C16H19NO3S2/c1-12(2)20-14-6-4-5-13(11-14)17-22(18,19)16-9-7-15(21-3)8-10-16/h4-12,17H,1-3H3. The summed E-state index contributed by atoms with van der Waals surface area (Å²) in [5, 5.41) is 0. The molecular weight excluding hydrogens is 318 g/mol. The van der Waals surface area contributed by atoms with Crippen LogP contribution in [0.5, 0.6) is 5.75 Å². The molecule has 0 aliphatic heterocycles. The van der Waals surface area contributed by atoms with Crippen molar-refractivity contribution in [2.75, 3.05) is 11.0 Å². The maximum atomic E-state index is 12.4. The molecule has 0 fully saturated rings. The molecule has 0 spiro atoms. The Morgan fingerprint density at radius 1 is 1.09 bits per heavy atom. The van der Waals surface area contributed by atoms with E-state index < -0.39 is 10.0 Å². The highest BCUT2D eigenvalue weighted by Crippen LogP contribution is 2.23. The highest BCUT2D eigenvalue weighted by atomic mass is 32.2. The molecule has 0 atom stereocenters. The third kappa shape index (κ3) is 4.42. The van der Waals surface area contributed by atoms with Crippen LogP contribution in [0.4, 0.5) is 5.69 Å². The molecule has 1 N–H and O–H groups in total. The van der Waals surface area contributed by atoms with Crippen LogP contribution in [0.3, 0.4) is 0 Å². The van der Waals surface area contributed by atoms with E-state index in [4.69, 9.17) is 4.74 Å². The number of ether oxygens (including phenoxy) is 1. The van der Waals surface area contributed by atoms with Crippen molar-refractivity contribution in [3.63, 3.8) is 0 Å². The van der Waals surface area contributed by atoms with E-state index in [0.717, 1.165) is 4.90 Å². The van der Waals surface area contributed by atoms with Gasteiger partial charge in [-0.25, -0.2) is 8.42 Å². The Labute approximate surface area is 135 Å². The molecule has 0 bridgehead atoms. The van der Waals surface area contributed by atoms with Crippen LogP contribution in [-0.4, -0.2) is 20.8 Å². The van der Waals surface area contributed by atoms with E-state index in [1.54, 1.807) is 60.3 Å². The summed E-state index contributed by atoms with van der Waals surface area (Å²) < 4.78 is 32.9. The van der Waals surface area contributed by atoms with Gasteiger partial charge >= 0.3 is 0 Å². The van der Waals surface area contributed by atoms with E-state index in [9.17, 15) is 8.42 Å². The molecule has 2 rings (SSSR count). The molecule has 2 aromatic carbocycles. The third-order valence-electron chi connectivity index (χ3n) is 2.83. The molecule has 2 aromatic rings. The van der Waals surface area contributed by atoms with E-state index in [1.807, 2.05) is 20.1 Å². The van der Waals surface area contributed by atoms with Gasteiger partial charge in [0.05, 0.1) is 16.7 Å². The van der Waals surface area contributed by atoms with E-state index in [0.29, 0.717) is 11.4 Å². The van der Waals surface area contributed by atoms with Crippen LogP contribution in [0.1, 0.15) is 13.8 Å². The minimum atomic E-state index is -3.60. The minimum absolute atomic E-state index is 0.0333. The number of anilines is 1. The van der Waals surface area contributed by atoms with Crippen molar-refractivity contribution in [3.8, 4) is 5.75 Å². The fraction of sp³-hybridized carbons (Fsp3) is 0.250. The lowest BCUT2D eigenvalue weighted by Gasteiger charge is -2.12. The predicted molar refractivity (Wildman–Crippen MR) is 91.2 cm³/mol. The average molecular weight is 337 g/mol. The summed E-state index contributed by atoms with van der Waals surface area (Å²) in [5.41, 5.74) is 0.479. The van der Waals surface area contributed by atoms with Crippen LogP contribution in [0, 0.1) is 0 Å². The van der Waals surface area contributed by atoms with Gasteiger partial charge in [0.1, 0.15) is 5.75 Å². The summed E-state index contributed by atoms with van der Waals surface area (Å²) in [7, 11) is -3.60. The van der Waals surface area contributed by atoms with Gasteiger partial charge in [0.2, 0.25) is 0 Å². The molecule has 0 amide bonds. The first-order chi connectivity index (χ1) is 10.4. The molecule has 0 aliphatic rings. The van der Waals surface area contributed by atoms with Gasteiger partial charge < -0.3 is 4.74 Å². The largest absolute Gasteiger partial charge is 0.491 e. The topological polar surface area (TPSA) is 55.4 Å². The Bertz CT molecular complexity index is 725. The van der Waals surface area contributed by atoms with Crippen LogP contribution >= 0.6 is 11.8 Å². The Kier molecular flexibility index (Phi) is 5.37. The summed E-state index contributed by atoms with van der Waals surface area (Å²) in [6.45, 7) is 3.84. The van der Waals surface area contributed by atoms with E-state index in [2.05, 4.69) is 4.72 Å². The fourth-order valence-electron chi connectivity index (χ4n) is 1.87. The second-order valence-corrected chi connectivity index (χ2v) is 7.54. The zero-order chi connectivity index (χ0) is 16.2.